The Balaban J connectivity index is 3.36. The summed E-state index contributed by atoms with van der Waals surface area (Å²) in [7, 11) is 4.13. The standard InChI is InChI=1S/C5H13INO2P/c1-6-7(2,3)4-5-9-10-8/h4-5H2,1-3H3. The molecule has 0 bridgehead atoms. The monoisotopic (exact) mass is 277 g/mol. The molecule has 0 N–H and O–H groups in total. The van der Waals surface area contributed by atoms with Gasteiger partial charge in [0.05, 0.1) is 0 Å². The van der Waals surface area contributed by atoms with Crippen LogP contribution in [0.4, 0.5) is 0 Å². The van der Waals surface area contributed by atoms with Crippen molar-refractivity contribution in [1.82, 2.24) is 0 Å². The van der Waals surface area contributed by atoms with E-state index in [1.807, 2.05) is 0 Å². The van der Waals surface area contributed by atoms with Gasteiger partial charge in [0, 0.05) is 0 Å². The van der Waals surface area contributed by atoms with Gasteiger partial charge in [-0.2, -0.15) is 0 Å². The van der Waals surface area contributed by atoms with Gasteiger partial charge in [-0.15, -0.1) is 0 Å². The Kier molecular flexibility index (Phi) is 5.81. The minimum absolute atomic E-state index is 0.196. The maximum absolute atomic E-state index is 9.86. The van der Waals surface area contributed by atoms with Crippen LogP contribution in [0.1, 0.15) is 0 Å². The van der Waals surface area contributed by atoms with Crippen molar-refractivity contribution < 1.29 is 33.3 Å². The molecule has 3 nitrogen and oxygen atoms in total. The molecule has 5 heteroatoms. The first kappa shape index (κ1) is 10.8. The fourth-order valence-electron chi connectivity index (χ4n) is 0.380. The molecule has 0 fully saturated rings. The Morgan fingerprint density at radius 2 is 2.20 bits per heavy atom. The molecular formula is C5H13INO2P. The van der Waals surface area contributed by atoms with Crippen LogP contribution in [-0.4, -0.2) is 34.9 Å². The van der Waals surface area contributed by atoms with Gasteiger partial charge < -0.3 is 0 Å². The van der Waals surface area contributed by atoms with Gasteiger partial charge in [-0.05, 0) is 0 Å². The average Bonchev–Trinajstić information content (AvgIpc) is 1.89. The molecule has 0 heterocycles. The van der Waals surface area contributed by atoms with Gasteiger partial charge in [0.15, 0.2) is 0 Å². The summed E-state index contributed by atoms with van der Waals surface area (Å²) in [6, 6.07) is 0. The van der Waals surface area contributed by atoms with E-state index >= 15 is 0 Å². The summed E-state index contributed by atoms with van der Waals surface area (Å²) in [6.07, 6.45) is 0. The molecule has 0 radical (unpaired) electrons. The van der Waals surface area contributed by atoms with Gasteiger partial charge in [-0.25, -0.2) is 0 Å². The van der Waals surface area contributed by atoms with Crippen LogP contribution < -0.4 is 21.5 Å². The number of halogens is 1. The molecule has 0 aliphatic rings. The predicted octanol–water partition coefficient (Wildman–Crippen LogP) is -2.08. The Bertz CT molecular complexity index is 110. The molecular weight excluding hydrogens is 264 g/mol. The number of likely N-dealkylation sites (N-methyl/N-ethyl adjacent to an activating group) is 1. The van der Waals surface area contributed by atoms with Crippen LogP contribution in [0.25, 0.3) is 0 Å². The van der Waals surface area contributed by atoms with Crippen LogP contribution in [-0.2, 0) is 9.09 Å². The van der Waals surface area contributed by atoms with Crippen molar-refractivity contribution >= 4 is 8.69 Å². The molecule has 0 unspecified atom stereocenters. The minimum atomic E-state index is -0.199. The molecule has 0 aliphatic heterocycles. The molecule has 0 saturated heterocycles. The SMILES string of the molecule is C[I-][N+](C)(C)CCOP=O. The zero-order chi connectivity index (χ0) is 8.04. The third-order valence-corrected chi connectivity index (χ3v) is 4.61. The molecule has 0 spiro atoms. The molecule has 0 amide bonds. The van der Waals surface area contributed by atoms with Crippen LogP contribution in [0.15, 0.2) is 0 Å². The first-order valence-electron chi connectivity index (χ1n) is 2.91. The second-order valence-electron chi connectivity index (χ2n) is 2.34. The van der Waals surface area contributed by atoms with Crippen LogP contribution >= 0.6 is 8.69 Å². The van der Waals surface area contributed by atoms with E-state index in [1.54, 1.807) is 0 Å². The van der Waals surface area contributed by atoms with E-state index in [4.69, 9.17) is 0 Å². The van der Waals surface area contributed by atoms with Crippen LogP contribution in [0, 0.1) is 0 Å². The normalized spacial score (nSPS) is 12.7. The number of hydrogen-bond donors (Lipinski definition) is 0. The fourth-order valence-corrected chi connectivity index (χ4v) is 1.22. The Labute approximate surface area is 74.2 Å². The van der Waals surface area contributed by atoms with Crippen LogP contribution in [0.5, 0.6) is 0 Å². The molecule has 0 aromatic heterocycles. The number of hydrogen-bond acceptors (Lipinski definition) is 2. The van der Waals surface area contributed by atoms with Crippen molar-refractivity contribution in [1.29, 1.82) is 0 Å². The Morgan fingerprint density at radius 1 is 1.60 bits per heavy atom. The average molecular weight is 277 g/mol. The number of rotatable bonds is 5. The maximum atomic E-state index is 9.86. The Hall–Kier alpha value is 0.750. The van der Waals surface area contributed by atoms with Gasteiger partial charge in [-0.1, -0.05) is 0 Å². The first-order valence-corrected chi connectivity index (χ1v) is 6.76. The van der Waals surface area contributed by atoms with Crippen molar-refractivity contribution in [3.63, 3.8) is 0 Å². The second-order valence-corrected chi connectivity index (χ2v) is 6.32. The van der Waals surface area contributed by atoms with Crippen LogP contribution in [0.3, 0.4) is 0 Å². The van der Waals surface area contributed by atoms with Gasteiger partial charge in [0.2, 0.25) is 0 Å². The summed E-state index contributed by atoms with van der Waals surface area (Å²) in [5.74, 6) is 0. The predicted molar refractivity (Wildman–Crippen MR) is 36.5 cm³/mol. The molecule has 10 heavy (non-hydrogen) atoms. The molecule has 0 atom stereocenters. The van der Waals surface area contributed by atoms with E-state index in [2.05, 4.69) is 23.5 Å². The van der Waals surface area contributed by atoms with Crippen molar-refractivity contribution in [2.75, 3.05) is 32.2 Å². The van der Waals surface area contributed by atoms with Crippen molar-refractivity contribution in [2.24, 2.45) is 0 Å². The summed E-state index contributed by atoms with van der Waals surface area (Å²) in [4.78, 5) is 2.23. The van der Waals surface area contributed by atoms with Crippen molar-refractivity contribution in [2.45, 2.75) is 0 Å². The second kappa shape index (κ2) is 5.41. The number of nitrogens with zero attached hydrogens (tertiary/aromatic N) is 1. The van der Waals surface area contributed by atoms with Gasteiger partial charge in [0.25, 0.3) is 0 Å². The van der Waals surface area contributed by atoms with E-state index in [1.165, 1.54) is 0 Å². The van der Waals surface area contributed by atoms with Crippen LogP contribution in [0.2, 0.25) is 0 Å². The van der Waals surface area contributed by atoms with Gasteiger partial charge >= 0.3 is 74.1 Å². The molecule has 0 aromatic rings. The summed E-state index contributed by atoms with van der Waals surface area (Å²) < 4.78 is 15.6. The Morgan fingerprint density at radius 3 is 2.60 bits per heavy atom. The molecule has 0 rings (SSSR count). The summed E-state index contributed by atoms with van der Waals surface area (Å²) >= 11 is 0.196. The molecule has 0 aromatic carbocycles. The quantitative estimate of drug-likeness (QED) is 0.190. The summed E-state index contributed by atoms with van der Waals surface area (Å²) in [5, 5.41) is 0. The number of alkyl halides is 1. The fraction of sp³-hybridized carbons (Fsp3) is 1.00. The van der Waals surface area contributed by atoms with Crippen molar-refractivity contribution in [3.05, 3.63) is 0 Å². The summed E-state index contributed by atoms with van der Waals surface area (Å²) in [6.45, 7) is 1.55. The van der Waals surface area contributed by atoms with Gasteiger partial charge in [0.1, 0.15) is 0 Å². The van der Waals surface area contributed by atoms with Gasteiger partial charge in [-0.3, -0.25) is 0 Å². The van der Waals surface area contributed by atoms with E-state index < -0.39 is 0 Å². The zero-order valence-electron chi connectivity index (χ0n) is 6.50. The number of quaternary nitrogens is 1. The third kappa shape index (κ3) is 5.53. The van der Waals surface area contributed by atoms with E-state index in [0.717, 1.165) is 9.24 Å². The van der Waals surface area contributed by atoms with Crippen molar-refractivity contribution in [3.8, 4) is 0 Å². The summed E-state index contributed by atoms with van der Waals surface area (Å²) in [5.41, 5.74) is 0. The zero-order valence-corrected chi connectivity index (χ0v) is 9.56. The third-order valence-electron chi connectivity index (χ3n) is 1.22. The molecule has 62 valence electrons. The van der Waals surface area contributed by atoms with E-state index in [9.17, 15) is 4.57 Å². The molecule has 0 saturated carbocycles. The van der Waals surface area contributed by atoms with E-state index in [0.29, 0.717) is 6.61 Å². The van der Waals surface area contributed by atoms with E-state index in [-0.39, 0.29) is 30.2 Å². The molecule has 0 aliphatic carbocycles. The topological polar surface area (TPSA) is 26.3 Å². The first-order chi connectivity index (χ1) is 4.62.